The van der Waals surface area contributed by atoms with E-state index in [1.807, 2.05) is 18.3 Å². The highest BCUT2D eigenvalue weighted by molar-refractivity contribution is 6.17. The van der Waals surface area contributed by atoms with Gasteiger partial charge in [-0.05, 0) is 25.8 Å². The first-order valence-electron chi connectivity index (χ1n) is 5.80. The molecule has 0 spiro atoms. The molecule has 2 nitrogen and oxygen atoms in total. The van der Waals surface area contributed by atoms with Gasteiger partial charge in [0.15, 0.2) is 5.78 Å². The summed E-state index contributed by atoms with van der Waals surface area (Å²) in [4.78, 5) is 11.6. The van der Waals surface area contributed by atoms with Crippen molar-refractivity contribution in [3.8, 4) is 0 Å². The lowest BCUT2D eigenvalue weighted by molar-refractivity contribution is 0.101. The highest BCUT2D eigenvalue weighted by atomic mass is 35.5. The Bertz CT molecular complexity index is 557. The topological polar surface area (TPSA) is 22.0 Å². The number of hydrogen-bond acceptors (Lipinski definition) is 1. The van der Waals surface area contributed by atoms with Gasteiger partial charge in [0.05, 0.1) is 5.52 Å². The van der Waals surface area contributed by atoms with E-state index in [2.05, 4.69) is 17.6 Å². The van der Waals surface area contributed by atoms with Gasteiger partial charge in [-0.3, -0.25) is 4.79 Å². The number of aromatic nitrogens is 1. The first kappa shape index (κ1) is 12.2. The van der Waals surface area contributed by atoms with Crippen molar-refractivity contribution in [2.45, 2.75) is 26.8 Å². The van der Waals surface area contributed by atoms with Crippen LogP contribution < -0.4 is 0 Å². The summed E-state index contributed by atoms with van der Waals surface area (Å²) < 4.78 is 2.14. The zero-order valence-corrected chi connectivity index (χ0v) is 10.9. The maximum absolute atomic E-state index is 11.6. The van der Waals surface area contributed by atoms with Crippen LogP contribution in [0.2, 0.25) is 0 Å². The summed E-state index contributed by atoms with van der Waals surface area (Å²) in [7, 11) is 0. The molecule has 1 aromatic heterocycles. The normalized spacial score (nSPS) is 11.0. The molecule has 0 N–H and O–H groups in total. The summed E-state index contributed by atoms with van der Waals surface area (Å²) in [6.45, 7) is 4.55. The number of para-hydroxylation sites is 1. The third-order valence-electron chi connectivity index (χ3n) is 3.01. The van der Waals surface area contributed by atoms with Crippen LogP contribution in [0.4, 0.5) is 0 Å². The fourth-order valence-electron chi connectivity index (χ4n) is 2.23. The average molecular weight is 250 g/mol. The van der Waals surface area contributed by atoms with E-state index in [1.54, 1.807) is 6.92 Å². The van der Waals surface area contributed by atoms with E-state index >= 15 is 0 Å². The summed E-state index contributed by atoms with van der Waals surface area (Å²) in [6, 6.07) is 6.08. The van der Waals surface area contributed by atoms with Gasteiger partial charge in [-0.25, -0.2) is 0 Å². The maximum atomic E-state index is 11.6. The molecule has 17 heavy (non-hydrogen) atoms. The predicted octanol–water partition coefficient (Wildman–Crippen LogP) is 3.78. The number of carbonyl (C=O) groups excluding carboxylic acids is 1. The van der Waals surface area contributed by atoms with Crippen LogP contribution in [0.3, 0.4) is 0 Å². The number of hydrogen-bond donors (Lipinski definition) is 0. The molecular formula is C14H16ClNO. The Hall–Kier alpha value is -1.28. The van der Waals surface area contributed by atoms with Gasteiger partial charge >= 0.3 is 0 Å². The summed E-state index contributed by atoms with van der Waals surface area (Å²) in [6.07, 6.45) is 2.86. The van der Waals surface area contributed by atoms with Crippen molar-refractivity contribution in [1.82, 2.24) is 4.57 Å². The van der Waals surface area contributed by atoms with E-state index in [4.69, 9.17) is 11.6 Å². The van der Waals surface area contributed by atoms with Crippen LogP contribution in [0.5, 0.6) is 0 Å². The Morgan fingerprint density at radius 1 is 1.41 bits per heavy atom. The summed E-state index contributed by atoms with van der Waals surface area (Å²) in [5.74, 6) is 0.756. The Balaban J connectivity index is 2.63. The lowest BCUT2D eigenvalue weighted by Gasteiger charge is -2.05. The number of aryl methyl sites for hydroxylation is 2. The van der Waals surface area contributed by atoms with Gasteiger partial charge in [-0.2, -0.15) is 0 Å². The second-order valence-electron chi connectivity index (χ2n) is 4.31. The van der Waals surface area contributed by atoms with Crippen molar-refractivity contribution < 1.29 is 4.79 Å². The fourth-order valence-corrected chi connectivity index (χ4v) is 2.35. The number of alkyl halides is 1. The first-order valence-corrected chi connectivity index (χ1v) is 6.34. The molecule has 3 heteroatoms. The Morgan fingerprint density at radius 2 is 2.18 bits per heavy atom. The molecule has 1 heterocycles. The summed E-state index contributed by atoms with van der Waals surface area (Å²) in [5.41, 5.74) is 3.16. The van der Waals surface area contributed by atoms with E-state index in [1.165, 1.54) is 5.56 Å². The van der Waals surface area contributed by atoms with Crippen LogP contribution in [0.15, 0.2) is 24.4 Å². The number of Topliss-reactive ketones (excluding diaryl/α,β-unsaturated/α-hetero) is 1. The van der Waals surface area contributed by atoms with E-state index in [0.29, 0.717) is 5.88 Å². The molecule has 0 fully saturated rings. The van der Waals surface area contributed by atoms with Crippen molar-refractivity contribution >= 4 is 28.3 Å². The van der Waals surface area contributed by atoms with Gasteiger partial charge in [-0.1, -0.05) is 18.2 Å². The molecule has 0 aliphatic heterocycles. The van der Waals surface area contributed by atoms with Gasteiger partial charge in [0.25, 0.3) is 0 Å². The monoisotopic (exact) mass is 249 g/mol. The van der Waals surface area contributed by atoms with E-state index in [0.717, 1.165) is 29.4 Å². The maximum Gasteiger partial charge on any atom is 0.161 e. The molecule has 1 aromatic carbocycles. The molecular weight excluding hydrogens is 234 g/mol. The Labute approximate surface area is 106 Å². The Morgan fingerprint density at radius 3 is 2.82 bits per heavy atom. The van der Waals surface area contributed by atoms with Gasteiger partial charge in [-0.15, -0.1) is 11.6 Å². The molecule has 0 saturated heterocycles. The van der Waals surface area contributed by atoms with Crippen molar-refractivity contribution in [3.63, 3.8) is 0 Å². The number of halogens is 1. The predicted molar refractivity (Wildman–Crippen MR) is 72.0 cm³/mol. The van der Waals surface area contributed by atoms with Crippen molar-refractivity contribution in [3.05, 3.63) is 35.5 Å². The molecule has 0 unspecified atom stereocenters. The number of nitrogens with zero attached hydrogens (tertiary/aromatic N) is 1. The summed E-state index contributed by atoms with van der Waals surface area (Å²) in [5, 5.41) is 1.05. The lowest BCUT2D eigenvalue weighted by atomic mass is 10.1. The molecule has 0 saturated carbocycles. The molecule has 90 valence electrons. The standard InChI is InChI=1S/C14H16ClNO/c1-10-5-3-6-12-13(11(2)17)9-16(14(10)12)8-4-7-15/h3,5-6,9H,4,7-8H2,1-2H3. The highest BCUT2D eigenvalue weighted by Gasteiger charge is 2.12. The van der Waals surface area contributed by atoms with Crippen molar-refractivity contribution in [2.75, 3.05) is 5.88 Å². The first-order chi connectivity index (χ1) is 8.15. The Kier molecular flexibility index (Phi) is 3.53. The van der Waals surface area contributed by atoms with Gasteiger partial charge in [0.2, 0.25) is 0 Å². The minimum Gasteiger partial charge on any atom is -0.346 e. The zero-order valence-electron chi connectivity index (χ0n) is 10.2. The quantitative estimate of drug-likeness (QED) is 0.597. The van der Waals surface area contributed by atoms with Crippen molar-refractivity contribution in [1.29, 1.82) is 0 Å². The molecule has 0 aliphatic carbocycles. The molecule has 0 radical (unpaired) electrons. The molecule has 0 atom stereocenters. The van der Waals surface area contributed by atoms with E-state index in [9.17, 15) is 4.79 Å². The van der Waals surface area contributed by atoms with Crippen LogP contribution in [-0.4, -0.2) is 16.2 Å². The molecule has 0 bridgehead atoms. The second kappa shape index (κ2) is 4.92. The van der Waals surface area contributed by atoms with Crippen LogP contribution in [-0.2, 0) is 6.54 Å². The van der Waals surface area contributed by atoms with Crippen LogP contribution >= 0.6 is 11.6 Å². The number of benzene rings is 1. The lowest BCUT2D eigenvalue weighted by Crippen LogP contribution is -1.98. The largest absolute Gasteiger partial charge is 0.346 e. The average Bonchev–Trinajstić information content (AvgIpc) is 2.67. The molecule has 0 amide bonds. The van der Waals surface area contributed by atoms with Crippen LogP contribution in [0.25, 0.3) is 10.9 Å². The SMILES string of the molecule is CC(=O)c1cn(CCCCl)c2c(C)cccc12. The van der Waals surface area contributed by atoms with Crippen LogP contribution in [0.1, 0.15) is 29.3 Å². The number of carbonyl (C=O) groups is 1. The van der Waals surface area contributed by atoms with Gasteiger partial charge in [0.1, 0.15) is 0 Å². The number of ketones is 1. The smallest absolute Gasteiger partial charge is 0.161 e. The van der Waals surface area contributed by atoms with Gasteiger partial charge in [0, 0.05) is 29.6 Å². The molecule has 2 rings (SSSR count). The summed E-state index contributed by atoms with van der Waals surface area (Å²) >= 11 is 5.73. The third-order valence-corrected chi connectivity index (χ3v) is 3.28. The zero-order chi connectivity index (χ0) is 12.4. The van der Waals surface area contributed by atoms with E-state index < -0.39 is 0 Å². The fraction of sp³-hybridized carbons (Fsp3) is 0.357. The molecule has 0 aliphatic rings. The highest BCUT2D eigenvalue weighted by Crippen LogP contribution is 2.25. The number of fused-ring (bicyclic) bond motifs is 1. The second-order valence-corrected chi connectivity index (χ2v) is 4.68. The minimum absolute atomic E-state index is 0.116. The number of rotatable bonds is 4. The third kappa shape index (κ3) is 2.22. The van der Waals surface area contributed by atoms with Crippen molar-refractivity contribution in [2.24, 2.45) is 0 Å². The van der Waals surface area contributed by atoms with Gasteiger partial charge < -0.3 is 4.57 Å². The van der Waals surface area contributed by atoms with Crippen LogP contribution in [0, 0.1) is 6.92 Å². The molecule has 2 aromatic rings. The van der Waals surface area contributed by atoms with E-state index in [-0.39, 0.29) is 5.78 Å². The minimum atomic E-state index is 0.116.